The van der Waals surface area contributed by atoms with Gasteiger partial charge in [-0.25, -0.2) is 17.5 Å². The Balaban J connectivity index is 1.80. The molecule has 3 aromatic rings. The fourth-order valence-corrected chi connectivity index (χ4v) is 4.65. The number of para-hydroxylation sites is 1. The predicted molar refractivity (Wildman–Crippen MR) is 131 cm³/mol. The van der Waals surface area contributed by atoms with Crippen molar-refractivity contribution in [3.05, 3.63) is 65.4 Å². The third-order valence-electron chi connectivity index (χ3n) is 5.35. The van der Waals surface area contributed by atoms with Gasteiger partial charge >= 0.3 is 5.97 Å². The second-order valence-electron chi connectivity index (χ2n) is 7.97. The number of carbonyl (C=O) groups is 2. The number of benzene rings is 2. The molecule has 0 aliphatic heterocycles. The SMILES string of the molecule is CCCc1nc2ccccc2c(C(=O)OCC(=O)Nc2cccc(S(=O)(=O)N(C)C)c2)c1CC. The molecule has 0 fully saturated rings. The summed E-state index contributed by atoms with van der Waals surface area (Å²) in [5, 5.41) is 3.27. The highest BCUT2D eigenvalue weighted by Crippen LogP contribution is 2.26. The zero-order valence-corrected chi connectivity index (χ0v) is 20.6. The van der Waals surface area contributed by atoms with Crippen molar-refractivity contribution in [2.75, 3.05) is 26.0 Å². The van der Waals surface area contributed by atoms with E-state index in [1.54, 1.807) is 6.07 Å². The van der Waals surface area contributed by atoms with Crippen LogP contribution < -0.4 is 5.32 Å². The molecule has 1 amide bonds. The van der Waals surface area contributed by atoms with Crippen LogP contribution in [0, 0.1) is 0 Å². The van der Waals surface area contributed by atoms with Crippen molar-refractivity contribution in [3.63, 3.8) is 0 Å². The van der Waals surface area contributed by atoms with Crippen LogP contribution in [0.1, 0.15) is 41.9 Å². The summed E-state index contributed by atoms with van der Waals surface area (Å²) in [4.78, 5) is 30.3. The fourth-order valence-electron chi connectivity index (χ4n) is 3.71. The normalized spacial score (nSPS) is 11.6. The van der Waals surface area contributed by atoms with Gasteiger partial charge in [0, 0.05) is 30.9 Å². The minimum atomic E-state index is -3.64. The van der Waals surface area contributed by atoms with Crippen molar-refractivity contribution in [1.82, 2.24) is 9.29 Å². The lowest BCUT2D eigenvalue weighted by Gasteiger charge is -2.15. The number of hydrogen-bond acceptors (Lipinski definition) is 6. The molecule has 8 nitrogen and oxygen atoms in total. The van der Waals surface area contributed by atoms with Crippen LogP contribution >= 0.6 is 0 Å². The number of carbonyl (C=O) groups excluding carboxylic acids is 2. The van der Waals surface area contributed by atoms with E-state index < -0.39 is 28.5 Å². The lowest BCUT2D eigenvalue weighted by molar-refractivity contribution is -0.119. The molecule has 0 saturated carbocycles. The second kappa shape index (κ2) is 10.8. The molecular formula is C25H29N3O5S. The van der Waals surface area contributed by atoms with E-state index in [9.17, 15) is 18.0 Å². The summed E-state index contributed by atoms with van der Waals surface area (Å²) < 4.78 is 31.1. The number of nitrogens with zero attached hydrogens (tertiary/aromatic N) is 2. The summed E-state index contributed by atoms with van der Waals surface area (Å²) in [5.74, 6) is -1.16. The number of amides is 1. The Hall–Kier alpha value is -3.30. The predicted octanol–water partition coefficient (Wildman–Crippen LogP) is 3.80. The lowest BCUT2D eigenvalue weighted by atomic mass is 9.96. The first kappa shape index (κ1) is 25.3. The molecule has 1 heterocycles. The Kier molecular flexibility index (Phi) is 8.01. The maximum absolute atomic E-state index is 13.1. The maximum atomic E-state index is 13.1. The van der Waals surface area contributed by atoms with Gasteiger partial charge in [-0.2, -0.15) is 0 Å². The van der Waals surface area contributed by atoms with Crippen LogP contribution in [-0.2, 0) is 32.4 Å². The molecule has 0 spiro atoms. The number of aromatic nitrogens is 1. The molecule has 34 heavy (non-hydrogen) atoms. The maximum Gasteiger partial charge on any atom is 0.339 e. The Morgan fingerprint density at radius 2 is 1.79 bits per heavy atom. The molecule has 3 rings (SSSR count). The van der Waals surface area contributed by atoms with Gasteiger partial charge in [0.15, 0.2) is 6.61 Å². The monoisotopic (exact) mass is 483 g/mol. The lowest BCUT2D eigenvalue weighted by Crippen LogP contribution is -2.23. The largest absolute Gasteiger partial charge is 0.452 e. The molecule has 0 unspecified atom stereocenters. The van der Waals surface area contributed by atoms with Gasteiger partial charge < -0.3 is 10.1 Å². The Bertz CT molecular complexity index is 1320. The number of anilines is 1. The Morgan fingerprint density at radius 1 is 1.06 bits per heavy atom. The standard InChI is InChI=1S/C25H29N3O5S/c1-5-10-21-19(6-2)24(20-13-7-8-14-22(20)27-21)25(30)33-16-23(29)26-17-11-9-12-18(15-17)34(31,32)28(3)4/h7-9,11-15H,5-6,10,16H2,1-4H3,(H,26,29). The summed E-state index contributed by atoms with van der Waals surface area (Å²) in [6.45, 7) is 3.51. The molecule has 0 aliphatic rings. The minimum Gasteiger partial charge on any atom is -0.452 e. The highest BCUT2D eigenvalue weighted by Gasteiger charge is 2.22. The topological polar surface area (TPSA) is 106 Å². The van der Waals surface area contributed by atoms with E-state index in [0.29, 0.717) is 22.9 Å². The molecule has 9 heteroatoms. The molecule has 2 aromatic carbocycles. The number of sulfonamides is 1. The second-order valence-corrected chi connectivity index (χ2v) is 10.1. The van der Waals surface area contributed by atoms with Gasteiger partial charge in [0.05, 0.1) is 16.0 Å². The summed E-state index contributed by atoms with van der Waals surface area (Å²) in [5.41, 5.74) is 3.12. The van der Waals surface area contributed by atoms with Crippen LogP contribution in [0.3, 0.4) is 0 Å². The molecule has 180 valence electrons. The van der Waals surface area contributed by atoms with Crippen LogP contribution in [-0.4, -0.2) is 50.3 Å². The van der Waals surface area contributed by atoms with E-state index in [-0.39, 0.29) is 10.6 Å². The first-order valence-corrected chi connectivity index (χ1v) is 12.5. The number of pyridine rings is 1. The van der Waals surface area contributed by atoms with E-state index in [4.69, 9.17) is 9.72 Å². The molecule has 1 aromatic heterocycles. The average molecular weight is 484 g/mol. The highest BCUT2D eigenvalue weighted by atomic mass is 32.2. The van der Waals surface area contributed by atoms with Crippen LogP contribution in [0.25, 0.3) is 10.9 Å². The molecular weight excluding hydrogens is 454 g/mol. The molecule has 0 saturated heterocycles. The van der Waals surface area contributed by atoms with Crippen molar-refractivity contribution in [3.8, 4) is 0 Å². The summed E-state index contributed by atoms with van der Waals surface area (Å²) >= 11 is 0. The van der Waals surface area contributed by atoms with Gasteiger partial charge in [0.25, 0.3) is 5.91 Å². The number of esters is 1. The van der Waals surface area contributed by atoms with Crippen LogP contribution in [0.2, 0.25) is 0 Å². The van der Waals surface area contributed by atoms with Crippen molar-refractivity contribution < 1.29 is 22.7 Å². The zero-order chi connectivity index (χ0) is 24.9. The number of hydrogen-bond donors (Lipinski definition) is 1. The first-order chi connectivity index (χ1) is 16.2. The quantitative estimate of drug-likeness (QED) is 0.464. The van der Waals surface area contributed by atoms with E-state index in [2.05, 4.69) is 12.2 Å². The smallest absolute Gasteiger partial charge is 0.339 e. The van der Waals surface area contributed by atoms with Gasteiger partial charge in [0.1, 0.15) is 0 Å². The van der Waals surface area contributed by atoms with Gasteiger partial charge in [0.2, 0.25) is 10.0 Å². The van der Waals surface area contributed by atoms with Crippen LogP contribution in [0.5, 0.6) is 0 Å². The van der Waals surface area contributed by atoms with Crippen molar-refractivity contribution in [2.24, 2.45) is 0 Å². The van der Waals surface area contributed by atoms with Gasteiger partial charge in [-0.1, -0.05) is 44.5 Å². The van der Waals surface area contributed by atoms with Crippen LogP contribution in [0.4, 0.5) is 5.69 Å². The third-order valence-corrected chi connectivity index (χ3v) is 7.17. The summed E-state index contributed by atoms with van der Waals surface area (Å²) in [6, 6.07) is 13.3. The van der Waals surface area contributed by atoms with Gasteiger partial charge in [-0.3, -0.25) is 9.78 Å². The molecule has 0 atom stereocenters. The highest BCUT2D eigenvalue weighted by molar-refractivity contribution is 7.89. The molecule has 0 radical (unpaired) electrons. The van der Waals surface area contributed by atoms with E-state index in [0.717, 1.165) is 28.4 Å². The zero-order valence-electron chi connectivity index (χ0n) is 19.8. The van der Waals surface area contributed by atoms with Crippen molar-refractivity contribution in [2.45, 2.75) is 38.0 Å². The Morgan fingerprint density at radius 3 is 2.47 bits per heavy atom. The van der Waals surface area contributed by atoms with Crippen molar-refractivity contribution in [1.29, 1.82) is 0 Å². The van der Waals surface area contributed by atoms with Crippen molar-refractivity contribution >= 4 is 38.5 Å². The molecule has 0 bridgehead atoms. The molecule has 1 N–H and O–H groups in total. The summed E-state index contributed by atoms with van der Waals surface area (Å²) in [6.07, 6.45) is 2.23. The molecule has 0 aliphatic carbocycles. The third kappa shape index (κ3) is 5.43. The number of fused-ring (bicyclic) bond motifs is 1. The van der Waals surface area contributed by atoms with Crippen LogP contribution in [0.15, 0.2) is 53.4 Å². The van der Waals surface area contributed by atoms with E-state index in [1.807, 2.05) is 31.2 Å². The number of nitrogens with one attached hydrogen (secondary N) is 1. The van der Waals surface area contributed by atoms with E-state index in [1.165, 1.54) is 32.3 Å². The average Bonchev–Trinajstić information content (AvgIpc) is 2.82. The minimum absolute atomic E-state index is 0.0478. The summed E-state index contributed by atoms with van der Waals surface area (Å²) in [7, 11) is -0.784. The first-order valence-electron chi connectivity index (χ1n) is 11.1. The Labute approximate surface area is 200 Å². The number of rotatable bonds is 9. The van der Waals surface area contributed by atoms with Gasteiger partial charge in [-0.05, 0) is 42.7 Å². The number of ether oxygens (including phenoxy) is 1. The van der Waals surface area contributed by atoms with E-state index >= 15 is 0 Å². The van der Waals surface area contributed by atoms with Gasteiger partial charge in [-0.15, -0.1) is 0 Å². The number of aryl methyl sites for hydroxylation is 1. The fraction of sp³-hybridized carbons (Fsp3) is 0.320.